The fraction of sp³-hybridized carbons (Fsp3) is 0.944. The Hall–Kier alpha value is 0.637. The summed E-state index contributed by atoms with van der Waals surface area (Å²) in [7, 11) is 0. The molecule has 0 atom stereocenters. The van der Waals surface area contributed by atoms with E-state index < -0.39 is 5.97 Å². The van der Waals surface area contributed by atoms with Crippen molar-refractivity contribution in [3.8, 4) is 0 Å². The molecule has 0 aliphatic rings. The second-order valence-corrected chi connectivity index (χ2v) is 6.09. The second-order valence-electron chi connectivity index (χ2n) is 6.09. The summed E-state index contributed by atoms with van der Waals surface area (Å²) < 4.78 is 0. The average molecular weight is 447 g/mol. The number of carbonyl (C=O) groups is 1. The molecule has 0 saturated carbocycles. The Labute approximate surface area is 175 Å². The van der Waals surface area contributed by atoms with Gasteiger partial charge in [0, 0.05) is 6.42 Å². The van der Waals surface area contributed by atoms with Gasteiger partial charge in [-0.15, -0.1) is 0 Å². The predicted octanol–water partition coefficient (Wildman–Crippen LogP) is 6.09. The van der Waals surface area contributed by atoms with E-state index >= 15 is 0 Å². The van der Waals surface area contributed by atoms with Crippen molar-refractivity contribution >= 4 is 5.97 Å². The summed E-state index contributed by atoms with van der Waals surface area (Å²) in [5.41, 5.74) is 0. The second kappa shape index (κ2) is 31.4. The van der Waals surface area contributed by atoms with Crippen LogP contribution in [0.1, 0.15) is 110 Å². The molecule has 0 aliphatic carbocycles. The molecule has 0 saturated heterocycles. The van der Waals surface area contributed by atoms with Crippen LogP contribution in [0.4, 0.5) is 0 Å². The Morgan fingerprint density at radius 2 is 0.833 bits per heavy atom. The minimum absolute atomic E-state index is 0. The number of rotatable bonds is 16. The maximum Gasteiger partial charge on any atom is 2.00 e. The minimum Gasteiger partial charge on any atom is -2.00 e. The van der Waals surface area contributed by atoms with E-state index in [1.807, 2.05) is 0 Å². The summed E-state index contributed by atoms with van der Waals surface area (Å²) in [4.78, 5) is 10.3. The van der Waals surface area contributed by atoms with Crippen LogP contribution in [0.25, 0.3) is 0 Å². The van der Waals surface area contributed by atoms with E-state index in [4.69, 9.17) is 5.11 Å². The Balaban J connectivity index is -0.000000301. The van der Waals surface area contributed by atoms with E-state index in [1.165, 1.54) is 83.5 Å². The van der Waals surface area contributed by atoms with Crippen molar-refractivity contribution in [3.05, 3.63) is 0 Å². The van der Waals surface area contributed by atoms with Gasteiger partial charge in [0.2, 0.25) is 0 Å². The molecule has 0 heterocycles. The fourth-order valence-electron chi connectivity index (χ4n) is 2.65. The van der Waals surface area contributed by atoms with Crippen molar-refractivity contribution < 1.29 is 59.8 Å². The van der Waals surface area contributed by atoms with E-state index in [2.05, 4.69) is 6.92 Å². The van der Waals surface area contributed by atoms with Crippen molar-refractivity contribution in [2.24, 2.45) is 0 Å². The third-order valence-electron chi connectivity index (χ3n) is 3.99. The van der Waals surface area contributed by atoms with Crippen LogP contribution in [0.15, 0.2) is 0 Å². The van der Waals surface area contributed by atoms with Crippen LogP contribution >= 0.6 is 0 Å². The van der Waals surface area contributed by atoms with Crippen molar-refractivity contribution in [1.29, 1.82) is 0 Å². The molecule has 0 bridgehead atoms. The molecule has 0 fully saturated rings. The monoisotopic (exact) mass is 444 g/mol. The van der Waals surface area contributed by atoms with Gasteiger partial charge in [-0.2, -0.15) is 0 Å². The first-order valence-corrected chi connectivity index (χ1v) is 8.99. The maximum atomic E-state index is 10.3. The van der Waals surface area contributed by atoms with Gasteiger partial charge in [-0.1, -0.05) is 96.8 Å². The largest absolute Gasteiger partial charge is 2.00 e. The maximum absolute atomic E-state index is 10.3. The summed E-state index contributed by atoms with van der Waals surface area (Å²) in [6, 6.07) is 0. The Morgan fingerprint density at radius 3 is 1.08 bits per heavy atom. The summed E-state index contributed by atoms with van der Waals surface area (Å²) >= 11 is 0. The number of hydrogen-bond acceptors (Lipinski definition) is 1. The minimum atomic E-state index is -0.653. The van der Waals surface area contributed by atoms with Crippen molar-refractivity contribution in [2.75, 3.05) is 0 Å². The summed E-state index contributed by atoms with van der Waals surface area (Å²) in [5.74, 6) is -0.653. The molecular weight excluding hydrogens is 411 g/mol. The Bertz CT molecular complexity index is 217. The van der Waals surface area contributed by atoms with Gasteiger partial charge in [-0.05, 0) is 6.42 Å². The van der Waals surface area contributed by atoms with Gasteiger partial charge in [0.1, 0.15) is 0 Å². The van der Waals surface area contributed by atoms with Crippen LogP contribution in [-0.2, 0) is 54.7 Å². The molecule has 0 radical (unpaired) electrons. The molecule has 0 aromatic carbocycles. The molecular formula is C18H36O4Zn2. The van der Waals surface area contributed by atoms with Gasteiger partial charge in [0.25, 0.3) is 0 Å². The molecule has 0 aliphatic heterocycles. The number of carboxylic acid groups (broad SMARTS) is 1. The average Bonchev–Trinajstić information content (AvgIpc) is 2.43. The van der Waals surface area contributed by atoms with Crippen molar-refractivity contribution in [2.45, 2.75) is 110 Å². The molecule has 1 N–H and O–H groups in total. The Morgan fingerprint density at radius 1 is 0.583 bits per heavy atom. The van der Waals surface area contributed by atoms with Gasteiger partial charge >= 0.3 is 44.9 Å². The molecule has 0 aromatic heterocycles. The first kappa shape index (κ1) is 35.7. The summed E-state index contributed by atoms with van der Waals surface area (Å²) in [6.07, 6.45) is 20.2. The van der Waals surface area contributed by atoms with Crippen LogP contribution in [0.2, 0.25) is 0 Å². The zero-order valence-electron chi connectivity index (χ0n) is 15.9. The normalized spacial score (nSPS) is 9.04. The SMILES string of the molecule is CCCCCCCCCCCCCCCCCC(=O)O.[O-2].[O-2].[Zn+2].[Zn+2]. The quantitative estimate of drug-likeness (QED) is 0.229. The molecule has 4 nitrogen and oxygen atoms in total. The van der Waals surface area contributed by atoms with Crippen LogP contribution in [0.3, 0.4) is 0 Å². The first-order chi connectivity index (χ1) is 9.77. The van der Waals surface area contributed by atoms with E-state index in [-0.39, 0.29) is 49.9 Å². The topological polar surface area (TPSA) is 94.3 Å². The van der Waals surface area contributed by atoms with Crippen molar-refractivity contribution in [1.82, 2.24) is 0 Å². The van der Waals surface area contributed by atoms with Crippen LogP contribution in [-0.4, -0.2) is 11.1 Å². The number of carboxylic acids is 1. The van der Waals surface area contributed by atoms with Gasteiger partial charge in [0.15, 0.2) is 0 Å². The molecule has 0 spiro atoms. The van der Waals surface area contributed by atoms with E-state index in [0.717, 1.165) is 12.8 Å². The smallest absolute Gasteiger partial charge is 2.00 e. The van der Waals surface area contributed by atoms with E-state index in [9.17, 15) is 4.79 Å². The molecule has 0 amide bonds. The zero-order valence-corrected chi connectivity index (χ0v) is 21.8. The zero-order chi connectivity index (χ0) is 14.9. The van der Waals surface area contributed by atoms with Gasteiger partial charge < -0.3 is 16.1 Å². The summed E-state index contributed by atoms with van der Waals surface area (Å²) in [6.45, 7) is 2.27. The van der Waals surface area contributed by atoms with Gasteiger partial charge in [0.05, 0.1) is 0 Å². The van der Waals surface area contributed by atoms with Gasteiger partial charge in [-0.3, -0.25) is 4.79 Å². The fourth-order valence-corrected chi connectivity index (χ4v) is 2.65. The van der Waals surface area contributed by atoms with Crippen LogP contribution < -0.4 is 0 Å². The van der Waals surface area contributed by atoms with Crippen LogP contribution in [0.5, 0.6) is 0 Å². The van der Waals surface area contributed by atoms with E-state index in [0.29, 0.717) is 6.42 Å². The molecule has 0 aromatic rings. The number of hydrogen-bond donors (Lipinski definition) is 1. The van der Waals surface area contributed by atoms with Crippen molar-refractivity contribution in [3.63, 3.8) is 0 Å². The number of unbranched alkanes of at least 4 members (excludes halogenated alkanes) is 14. The molecule has 24 heavy (non-hydrogen) atoms. The molecule has 136 valence electrons. The third-order valence-corrected chi connectivity index (χ3v) is 3.99. The molecule has 6 heteroatoms. The predicted molar refractivity (Wildman–Crippen MR) is 88.6 cm³/mol. The summed E-state index contributed by atoms with van der Waals surface area (Å²) in [5, 5.41) is 8.52. The Kier molecular flexibility index (Phi) is 46.7. The van der Waals surface area contributed by atoms with Gasteiger partial charge in [-0.25, -0.2) is 0 Å². The van der Waals surface area contributed by atoms with Crippen LogP contribution in [0, 0.1) is 0 Å². The third kappa shape index (κ3) is 34.1. The number of aliphatic carboxylic acids is 1. The molecule has 0 unspecified atom stereocenters. The van der Waals surface area contributed by atoms with E-state index in [1.54, 1.807) is 0 Å². The first-order valence-electron chi connectivity index (χ1n) is 8.99. The standard InChI is InChI=1S/C18H36O2.2O.2Zn/c1-2-3-4-5-6-7-8-9-10-11-12-13-14-15-16-17-18(19)20;;;;/h2-17H2,1H3,(H,19,20);;;;/q;2*-2;2*+2. The molecule has 0 rings (SSSR count).